The summed E-state index contributed by atoms with van der Waals surface area (Å²) in [6.07, 6.45) is -6.79. The highest BCUT2D eigenvalue weighted by atomic mass is 35.5. The molecule has 2 aromatic rings. The number of alkyl halides is 3. The largest absolute Gasteiger partial charge is 0.456 e. The zero-order chi connectivity index (χ0) is 24.6. The van der Waals surface area contributed by atoms with E-state index in [4.69, 9.17) is 21.1 Å². The molecular formula is C20H17ClF3NO8. The smallest absolute Gasteiger partial charge is 0.416 e. The van der Waals surface area contributed by atoms with Gasteiger partial charge in [-0.1, -0.05) is 23.7 Å². The van der Waals surface area contributed by atoms with Crippen LogP contribution in [0.1, 0.15) is 15.9 Å². The highest BCUT2D eigenvalue weighted by Crippen LogP contribution is 2.36. The van der Waals surface area contributed by atoms with Crippen LogP contribution in [0.5, 0.6) is 11.5 Å². The lowest BCUT2D eigenvalue weighted by atomic mass is 10.1. The first-order chi connectivity index (χ1) is 15.5. The molecule has 0 aliphatic heterocycles. The van der Waals surface area contributed by atoms with Gasteiger partial charge in [0.05, 0.1) is 22.1 Å². The van der Waals surface area contributed by atoms with E-state index in [1.165, 1.54) is 31.4 Å². The van der Waals surface area contributed by atoms with Crippen molar-refractivity contribution in [1.29, 1.82) is 0 Å². The van der Waals surface area contributed by atoms with Crippen LogP contribution < -0.4 is 4.74 Å². The molecule has 0 amide bonds. The van der Waals surface area contributed by atoms with Gasteiger partial charge in [-0.2, -0.15) is 13.2 Å². The van der Waals surface area contributed by atoms with Gasteiger partial charge in [-0.05, 0) is 30.3 Å². The predicted molar refractivity (Wildman–Crippen MR) is 107 cm³/mol. The SMILES string of the molecule is COCCOC(=O)C(OCC(=O)c1cccc(Oc2ccc(C(F)(F)F)cc2Cl)c1)[N+](=O)[O-]. The number of carbonyl (C=O) groups excluding carboxylic acids is 2. The van der Waals surface area contributed by atoms with Crippen molar-refractivity contribution in [3.63, 3.8) is 0 Å². The molecule has 9 nitrogen and oxygen atoms in total. The predicted octanol–water partition coefficient (Wildman–Crippen LogP) is 4.14. The molecule has 33 heavy (non-hydrogen) atoms. The number of esters is 1. The molecule has 1 atom stereocenters. The van der Waals surface area contributed by atoms with Gasteiger partial charge in [-0.15, -0.1) is 0 Å². The Morgan fingerprint density at radius 3 is 2.48 bits per heavy atom. The minimum Gasteiger partial charge on any atom is -0.456 e. The van der Waals surface area contributed by atoms with Crippen molar-refractivity contribution >= 4 is 23.4 Å². The van der Waals surface area contributed by atoms with Crippen molar-refractivity contribution in [3.8, 4) is 11.5 Å². The van der Waals surface area contributed by atoms with Crippen LogP contribution in [0.3, 0.4) is 0 Å². The van der Waals surface area contributed by atoms with Crippen LogP contribution in [0.25, 0.3) is 0 Å². The van der Waals surface area contributed by atoms with Crippen LogP contribution in [-0.4, -0.2) is 49.8 Å². The molecule has 1 unspecified atom stereocenters. The summed E-state index contributed by atoms with van der Waals surface area (Å²) in [4.78, 5) is 34.1. The Morgan fingerprint density at radius 1 is 1.15 bits per heavy atom. The minimum atomic E-state index is -4.58. The zero-order valence-corrected chi connectivity index (χ0v) is 17.7. The summed E-state index contributed by atoms with van der Waals surface area (Å²) in [5.74, 6) is -2.04. The number of Topliss-reactive ketones (excluding diaryl/α,β-unsaturated/α-hetero) is 1. The summed E-state index contributed by atoms with van der Waals surface area (Å²) in [7, 11) is 1.34. The van der Waals surface area contributed by atoms with Gasteiger partial charge in [-0.25, -0.2) is 4.79 Å². The van der Waals surface area contributed by atoms with E-state index in [9.17, 15) is 32.9 Å². The van der Waals surface area contributed by atoms with Gasteiger partial charge in [0.25, 0.3) is 0 Å². The minimum absolute atomic E-state index is 0.00498. The molecule has 2 rings (SSSR count). The number of hydrogen-bond donors (Lipinski definition) is 0. The number of benzene rings is 2. The molecule has 0 spiro atoms. The van der Waals surface area contributed by atoms with Gasteiger partial charge in [0, 0.05) is 12.7 Å². The number of ketones is 1. The molecule has 0 N–H and O–H groups in total. The number of methoxy groups -OCH3 is 1. The topological polar surface area (TPSA) is 114 Å². The summed E-state index contributed by atoms with van der Waals surface area (Å²) in [6, 6.07) is 7.92. The first-order valence-electron chi connectivity index (χ1n) is 9.11. The second-order valence-corrected chi connectivity index (χ2v) is 6.71. The number of nitrogens with zero attached hydrogens (tertiary/aromatic N) is 1. The maximum Gasteiger partial charge on any atom is 0.416 e. The highest BCUT2D eigenvalue weighted by Gasteiger charge is 2.34. The molecule has 0 heterocycles. The van der Waals surface area contributed by atoms with Crippen molar-refractivity contribution in [3.05, 3.63) is 68.7 Å². The maximum atomic E-state index is 12.7. The van der Waals surface area contributed by atoms with Crippen molar-refractivity contribution in [2.24, 2.45) is 0 Å². The molecule has 0 bridgehead atoms. The van der Waals surface area contributed by atoms with E-state index in [0.29, 0.717) is 6.07 Å². The average Bonchev–Trinajstić information content (AvgIpc) is 2.74. The van der Waals surface area contributed by atoms with E-state index < -0.39 is 41.3 Å². The number of hydrogen-bond acceptors (Lipinski definition) is 8. The molecule has 0 saturated carbocycles. The van der Waals surface area contributed by atoms with E-state index in [0.717, 1.165) is 12.1 Å². The lowest BCUT2D eigenvalue weighted by Crippen LogP contribution is -2.36. The molecule has 178 valence electrons. The van der Waals surface area contributed by atoms with Gasteiger partial charge < -0.3 is 14.2 Å². The normalized spacial score (nSPS) is 12.2. The number of rotatable bonds is 11. The van der Waals surface area contributed by atoms with Crippen LogP contribution >= 0.6 is 11.6 Å². The van der Waals surface area contributed by atoms with Gasteiger partial charge in [0.15, 0.2) is 5.78 Å². The number of halogens is 4. The molecule has 0 radical (unpaired) electrons. The lowest BCUT2D eigenvalue weighted by molar-refractivity contribution is -0.560. The monoisotopic (exact) mass is 491 g/mol. The average molecular weight is 492 g/mol. The Bertz CT molecular complexity index is 1020. The molecule has 0 aliphatic carbocycles. The third kappa shape index (κ3) is 7.70. The van der Waals surface area contributed by atoms with Gasteiger partial charge in [0.2, 0.25) is 0 Å². The van der Waals surface area contributed by atoms with Crippen LogP contribution in [0.2, 0.25) is 5.02 Å². The first-order valence-corrected chi connectivity index (χ1v) is 9.49. The number of nitro groups is 1. The van der Waals surface area contributed by atoms with Crippen LogP contribution in [0.15, 0.2) is 42.5 Å². The summed E-state index contributed by atoms with van der Waals surface area (Å²) >= 11 is 5.85. The highest BCUT2D eigenvalue weighted by molar-refractivity contribution is 6.32. The van der Waals surface area contributed by atoms with E-state index in [-0.39, 0.29) is 35.3 Å². The van der Waals surface area contributed by atoms with Crippen LogP contribution in [0, 0.1) is 10.1 Å². The van der Waals surface area contributed by atoms with Crippen molar-refractivity contribution in [2.45, 2.75) is 12.4 Å². The summed E-state index contributed by atoms with van der Waals surface area (Å²) < 4.78 is 57.8. The third-order valence-corrected chi connectivity index (χ3v) is 4.24. The Balaban J connectivity index is 2.05. The molecule has 0 saturated heterocycles. The first kappa shape index (κ1) is 26.0. The van der Waals surface area contributed by atoms with Gasteiger partial charge in [-0.3, -0.25) is 19.6 Å². The Morgan fingerprint density at radius 2 is 1.88 bits per heavy atom. The van der Waals surface area contributed by atoms with Crippen molar-refractivity contribution in [2.75, 3.05) is 26.9 Å². The number of ether oxygens (including phenoxy) is 4. The van der Waals surface area contributed by atoms with Crippen molar-refractivity contribution < 1.29 is 46.6 Å². The third-order valence-electron chi connectivity index (χ3n) is 3.94. The quantitative estimate of drug-likeness (QED) is 0.115. The Hall–Kier alpha value is -3.22. The Labute approximate surface area is 190 Å². The fraction of sp³-hybridized carbons (Fsp3) is 0.300. The zero-order valence-electron chi connectivity index (χ0n) is 17.0. The lowest BCUT2D eigenvalue weighted by Gasteiger charge is -2.12. The van der Waals surface area contributed by atoms with Crippen LogP contribution in [-0.2, 0) is 25.2 Å². The second kappa shape index (κ2) is 11.6. The van der Waals surface area contributed by atoms with Crippen LogP contribution in [0.4, 0.5) is 13.2 Å². The maximum absolute atomic E-state index is 12.7. The van der Waals surface area contributed by atoms with Gasteiger partial charge >= 0.3 is 18.4 Å². The fourth-order valence-electron chi connectivity index (χ4n) is 2.37. The molecule has 0 aliphatic rings. The fourth-order valence-corrected chi connectivity index (χ4v) is 2.59. The number of carbonyl (C=O) groups is 2. The molecular weight excluding hydrogens is 475 g/mol. The van der Waals surface area contributed by atoms with Gasteiger partial charge in [0.1, 0.15) is 24.7 Å². The van der Waals surface area contributed by atoms with E-state index >= 15 is 0 Å². The molecule has 0 aromatic heterocycles. The summed E-state index contributed by atoms with van der Waals surface area (Å²) in [6.45, 7) is -1.04. The molecule has 2 aromatic carbocycles. The van der Waals surface area contributed by atoms with E-state index in [1.54, 1.807) is 0 Å². The van der Waals surface area contributed by atoms with E-state index in [2.05, 4.69) is 9.47 Å². The molecule has 0 fully saturated rings. The van der Waals surface area contributed by atoms with E-state index in [1.807, 2.05) is 0 Å². The molecule has 13 heteroatoms. The summed E-state index contributed by atoms with van der Waals surface area (Å²) in [5, 5.41) is 10.7. The van der Waals surface area contributed by atoms with Crippen molar-refractivity contribution in [1.82, 2.24) is 0 Å². The summed E-state index contributed by atoms with van der Waals surface area (Å²) in [5.41, 5.74) is -0.951. The Kier molecular flexibility index (Phi) is 9.14. The second-order valence-electron chi connectivity index (χ2n) is 6.31. The standard InChI is InChI=1S/C20H17ClF3NO8/c1-30-7-8-31-19(27)18(25(28)29)32-11-16(26)12-3-2-4-14(9-12)33-17-6-5-13(10-15(17)21)20(22,23)24/h2-6,9-10,18H,7-8,11H2,1H3.